The number of ether oxygens (including phenoxy) is 1. The topological polar surface area (TPSA) is 66.8 Å². The maximum Gasteiger partial charge on any atom is 0.343 e. The Balaban J connectivity index is 2.66. The number of methoxy groups -OCH3 is 1. The van der Waals surface area contributed by atoms with E-state index in [-0.39, 0.29) is 10.7 Å². The average Bonchev–Trinajstić information content (AvgIpc) is 2.49. The van der Waals surface area contributed by atoms with Gasteiger partial charge in [-0.2, -0.15) is 0 Å². The summed E-state index contributed by atoms with van der Waals surface area (Å²) >= 11 is 3.12. The molecule has 0 aliphatic rings. The highest BCUT2D eigenvalue weighted by Gasteiger charge is 2.27. The van der Waals surface area contributed by atoms with Crippen molar-refractivity contribution in [2.24, 2.45) is 0 Å². The van der Waals surface area contributed by atoms with Crippen molar-refractivity contribution in [3.63, 3.8) is 0 Å². The van der Waals surface area contributed by atoms with E-state index in [1.54, 1.807) is 0 Å². The van der Waals surface area contributed by atoms with Gasteiger partial charge in [0.15, 0.2) is 5.82 Å². The van der Waals surface area contributed by atoms with Crippen molar-refractivity contribution in [3.8, 4) is 0 Å². The van der Waals surface area contributed by atoms with E-state index < -0.39 is 40.1 Å². The standard InChI is InChI=1S/C14H10ClF2NO4S/c1-22-14(19)12-10(16)5-6-11(13(12)17)18(23(20)21)9-4-2-3-8(15)7-9/h2-7H,1H3,(H,20,21). The SMILES string of the molecule is COC(=O)c1c(F)ccc(N(c2cccc(Cl)c2)S(=O)O)c1F. The van der Waals surface area contributed by atoms with Crippen LogP contribution in [0.5, 0.6) is 0 Å². The molecule has 23 heavy (non-hydrogen) atoms. The Kier molecular flexibility index (Phi) is 5.30. The number of carbonyl (C=O) groups excluding carboxylic acids is 1. The summed E-state index contributed by atoms with van der Waals surface area (Å²) in [5, 5.41) is 0.244. The van der Waals surface area contributed by atoms with Gasteiger partial charge in [0.25, 0.3) is 11.3 Å². The molecule has 1 atom stereocenters. The van der Waals surface area contributed by atoms with Gasteiger partial charge in [-0.05, 0) is 30.3 Å². The largest absolute Gasteiger partial charge is 0.465 e. The molecule has 1 N–H and O–H groups in total. The van der Waals surface area contributed by atoms with Crippen LogP contribution in [0.2, 0.25) is 5.02 Å². The van der Waals surface area contributed by atoms with Crippen LogP contribution in [-0.2, 0) is 16.0 Å². The molecule has 0 saturated carbocycles. The number of nitrogens with zero attached hydrogens (tertiary/aromatic N) is 1. The van der Waals surface area contributed by atoms with Gasteiger partial charge in [-0.25, -0.2) is 22.1 Å². The normalized spacial score (nSPS) is 11.9. The van der Waals surface area contributed by atoms with Crippen LogP contribution in [0.1, 0.15) is 10.4 Å². The second-order valence-corrected chi connectivity index (χ2v) is 5.52. The van der Waals surface area contributed by atoms with Crippen LogP contribution >= 0.6 is 11.6 Å². The van der Waals surface area contributed by atoms with Crippen molar-refractivity contribution in [3.05, 3.63) is 58.6 Å². The number of benzene rings is 2. The number of anilines is 2. The van der Waals surface area contributed by atoms with E-state index in [0.717, 1.165) is 19.2 Å². The maximum atomic E-state index is 14.5. The van der Waals surface area contributed by atoms with Crippen LogP contribution in [-0.4, -0.2) is 21.8 Å². The first-order chi connectivity index (χ1) is 10.9. The molecule has 0 radical (unpaired) electrons. The summed E-state index contributed by atoms with van der Waals surface area (Å²) in [4.78, 5) is 11.5. The van der Waals surface area contributed by atoms with Gasteiger partial charge in [0.1, 0.15) is 11.4 Å². The molecule has 1 unspecified atom stereocenters. The van der Waals surface area contributed by atoms with Gasteiger partial charge < -0.3 is 4.74 Å². The molecule has 2 rings (SSSR count). The summed E-state index contributed by atoms with van der Waals surface area (Å²) < 4.78 is 54.3. The molecule has 0 fully saturated rings. The minimum Gasteiger partial charge on any atom is -0.465 e. The fourth-order valence-corrected chi connectivity index (χ4v) is 2.69. The van der Waals surface area contributed by atoms with E-state index in [4.69, 9.17) is 11.6 Å². The van der Waals surface area contributed by atoms with Crippen LogP contribution in [0, 0.1) is 11.6 Å². The van der Waals surface area contributed by atoms with Gasteiger partial charge in [-0.1, -0.05) is 17.7 Å². The molecule has 0 saturated heterocycles. The van der Waals surface area contributed by atoms with Gasteiger partial charge in [0, 0.05) is 5.02 Å². The summed E-state index contributed by atoms with van der Waals surface area (Å²) in [6, 6.07) is 7.46. The van der Waals surface area contributed by atoms with Crippen LogP contribution in [0.25, 0.3) is 0 Å². The fraction of sp³-hybridized carbons (Fsp3) is 0.0714. The van der Waals surface area contributed by atoms with Crippen LogP contribution in [0.15, 0.2) is 36.4 Å². The second kappa shape index (κ2) is 7.03. The number of esters is 1. The minimum atomic E-state index is -2.69. The van der Waals surface area contributed by atoms with E-state index in [1.807, 2.05) is 0 Å². The smallest absolute Gasteiger partial charge is 0.343 e. The Morgan fingerprint density at radius 2 is 2.00 bits per heavy atom. The van der Waals surface area contributed by atoms with E-state index in [0.29, 0.717) is 4.31 Å². The third kappa shape index (κ3) is 3.49. The summed E-state index contributed by atoms with van der Waals surface area (Å²) in [6.07, 6.45) is 0. The highest BCUT2D eigenvalue weighted by atomic mass is 35.5. The fourth-order valence-electron chi connectivity index (χ4n) is 1.90. The lowest BCUT2D eigenvalue weighted by Crippen LogP contribution is -2.22. The minimum absolute atomic E-state index is 0.0830. The number of halogens is 3. The lowest BCUT2D eigenvalue weighted by Gasteiger charge is -2.21. The predicted octanol–water partition coefficient (Wildman–Crippen LogP) is 3.68. The Labute approximate surface area is 137 Å². The molecule has 0 aliphatic carbocycles. The highest BCUT2D eigenvalue weighted by Crippen LogP contribution is 2.33. The zero-order valence-corrected chi connectivity index (χ0v) is 13.2. The monoisotopic (exact) mass is 361 g/mol. The maximum absolute atomic E-state index is 14.5. The first kappa shape index (κ1) is 17.3. The van der Waals surface area contributed by atoms with Gasteiger partial charge in [0.05, 0.1) is 18.5 Å². The number of hydrogen-bond acceptors (Lipinski definition) is 3. The van der Waals surface area contributed by atoms with E-state index in [1.165, 1.54) is 24.3 Å². The van der Waals surface area contributed by atoms with Crippen molar-refractivity contribution in [1.29, 1.82) is 0 Å². The van der Waals surface area contributed by atoms with E-state index in [2.05, 4.69) is 4.74 Å². The van der Waals surface area contributed by atoms with Crippen molar-refractivity contribution in [2.45, 2.75) is 0 Å². The van der Waals surface area contributed by atoms with Gasteiger partial charge in [-0.15, -0.1) is 0 Å². The molecule has 5 nitrogen and oxygen atoms in total. The number of carbonyl (C=O) groups is 1. The number of hydrogen-bond donors (Lipinski definition) is 1. The molecule has 0 aliphatic heterocycles. The Bertz CT molecular complexity index is 787. The first-order valence-corrected chi connectivity index (χ1v) is 7.54. The Morgan fingerprint density at radius 1 is 1.30 bits per heavy atom. The molecule has 122 valence electrons. The highest BCUT2D eigenvalue weighted by molar-refractivity contribution is 7.81. The molecular formula is C14H10ClF2NO4S. The van der Waals surface area contributed by atoms with Crippen molar-refractivity contribution in [2.75, 3.05) is 11.4 Å². The quantitative estimate of drug-likeness (QED) is 0.666. The number of rotatable bonds is 4. The molecule has 0 aromatic heterocycles. The predicted molar refractivity (Wildman–Crippen MR) is 82.1 cm³/mol. The van der Waals surface area contributed by atoms with Crippen LogP contribution in [0.3, 0.4) is 0 Å². The molecule has 0 bridgehead atoms. The zero-order valence-electron chi connectivity index (χ0n) is 11.6. The third-order valence-electron chi connectivity index (χ3n) is 2.88. The second-order valence-electron chi connectivity index (χ2n) is 4.25. The zero-order chi connectivity index (χ0) is 17.1. The first-order valence-electron chi connectivity index (χ1n) is 6.09. The summed E-state index contributed by atoms with van der Waals surface area (Å²) in [5.74, 6) is -3.70. The molecular weight excluding hydrogens is 352 g/mol. The van der Waals surface area contributed by atoms with Gasteiger partial charge in [0.2, 0.25) is 0 Å². The molecule has 2 aromatic rings. The molecule has 0 spiro atoms. The van der Waals surface area contributed by atoms with E-state index in [9.17, 15) is 22.3 Å². The lowest BCUT2D eigenvalue weighted by atomic mass is 10.1. The Hall–Kier alpha value is -2.03. The molecule has 9 heteroatoms. The summed E-state index contributed by atoms with van der Waals surface area (Å²) in [6.45, 7) is 0. The lowest BCUT2D eigenvalue weighted by molar-refractivity contribution is 0.0590. The van der Waals surface area contributed by atoms with Gasteiger partial charge >= 0.3 is 5.97 Å². The van der Waals surface area contributed by atoms with Crippen molar-refractivity contribution >= 4 is 40.2 Å². The molecule has 2 aromatic carbocycles. The molecule has 0 heterocycles. The van der Waals surface area contributed by atoms with Gasteiger partial charge in [-0.3, -0.25) is 4.55 Å². The van der Waals surface area contributed by atoms with Crippen molar-refractivity contribution in [1.82, 2.24) is 0 Å². The average molecular weight is 362 g/mol. The summed E-state index contributed by atoms with van der Waals surface area (Å²) in [7, 11) is 0.965. The Morgan fingerprint density at radius 3 is 2.57 bits per heavy atom. The summed E-state index contributed by atoms with van der Waals surface area (Å²) in [5.41, 5.74) is -1.35. The molecule has 0 amide bonds. The van der Waals surface area contributed by atoms with Crippen LogP contribution in [0.4, 0.5) is 20.2 Å². The van der Waals surface area contributed by atoms with Crippen LogP contribution < -0.4 is 4.31 Å². The third-order valence-corrected chi connectivity index (χ3v) is 3.83. The van der Waals surface area contributed by atoms with E-state index >= 15 is 0 Å². The van der Waals surface area contributed by atoms with Crippen molar-refractivity contribution < 1.29 is 27.1 Å².